The molecule has 25 heavy (non-hydrogen) atoms. The average Bonchev–Trinajstić information content (AvgIpc) is 3.06. The van der Waals surface area contributed by atoms with Gasteiger partial charge in [0.1, 0.15) is 5.75 Å². The number of ether oxygens (including phenoxy) is 1. The highest BCUT2D eigenvalue weighted by Crippen LogP contribution is 2.25. The van der Waals surface area contributed by atoms with Crippen molar-refractivity contribution in [3.63, 3.8) is 0 Å². The minimum absolute atomic E-state index is 0.0448. The topological polar surface area (TPSA) is 81.9 Å². The zero-order chi connectivity index (χ0) is 17.8. The third-order valence-corrected chi connectivity index (χ3v) is 3.88. The molecule has 3 rings (SSSR count). The first-order valence-corrected chi connectivity index (χ1v) is 7.87. The molecule has 2 heterocycles. The van der Waals surface area contributed by atoms with Gasteiger partial charge in [-0.15, -0.1) is 5.10 Å². The summed E-state index contributed by atoms with van der Waals surface area (Å²) < 4.78 is 6.80. The van der Waals surface area contributed by atoms with Gasteiger partial charge in [0.05, 0.1) is 18.8 Å². The van der Waals surface area contributed by atoms with E-state index in [1.165, 1.54) is 6.92 Å². The molecular formula is C18H19N5O2. The van der Waals surface area contributed by atoms with Gasteiger partial charge >= 0.3 is 0 Å². The zero-order valence-corrected chi connectivity index (χ0v) is 14.3. The second-order valence-electron chi connectivity index (χ2n) is 5.60. The lowest BCUT2D eigenvalue weighted by Crippen LogP contribution is -2.13. The third kappa shape index (κ3) is 3.50. The Morgan fingerprint density at radius 2 is 1.84 bits per heavy atom. The van der Waals surface area contributed by atoms with E-state index in [-0.39, 0.29) is 11.8 Å². The van der Waals surface area contributed by atoms with Crippen molar-refractivity contribution in [2.75, 3.05) is 12.4 Å². The van der Waals surface area contributed by atoms with E-state index in [9.17, 15) is 4.79 Å². The van der Waals surface area contributed by atoms with Crippen molar-refractivity contribution >= 4 is 11.6 Å². The number of hydrogen-bond acceptors (Lipinski definition) is 6. The van der Waals surface area contributed by atoms with Crippen LogP contribution >= 0.6 is 0 Å². The Labute approximate surface area is 145 Å². The molecule has 2 aromatic heterocycles. The molecule has 0 amide bonds. The number of carbonyl (C=O) groups is 1. The van der Waals surface area contributed by atoms with E-state index in [1.807, 2.05) is 43.3 Å². The molecule has 0 radical (unpaired) electrons. The summed E-state index contributed by atoms with van der Waals surface area (Å²) in [6.07, 6.45) is 3.47. The number of ketones is 1. The van der Waals surface area contributed by atoms with Crippen molar-refractivity contribution < 1.29 is 9.53 Å². The normalized spacial score (nSPS) is 11.8. The van der Waals surface area contributed by atoms with Crippen LogP contribution in [0, 0.1) is 0 Å². The van der Waals surface area contributed by atoms with Gasteiger partial charge in [0.25, 0.3) is 0 Å². The van der Waals surface area contributed by atoms with E-state index >= 15 is 0 Å². The lowest BCUT2D eigenvalue weighted by Gasteiger charge is -2.17. The molecule has 7 heteroatoms. The molecule has 0 aliphatic carbocycles. The Balaban J connectivity index is 1.98. The van der Waals surface area contributed by atoms with Crippen LogP contribution in [0.2, 0.25) is 0 Å². The Bertz CT molecular complexity index is 859. The fourth-order valence-corrected chi connectivity index (χ4v) is 2.49. The van der Waals surface area contributed by atoms with Gasteiger partial charge in [-0.25, -0.2) is 0 Å². The molecule has 0 aliphatic heterocycles. The van der Waals surface area contributed by atoms with Gasteiger partial charge in [0, 0.05) is 19.3 Å². The molecule has 1 N–H and O–H groups in total. The molecule has 1 aromatic carbocycles. The third-order valence-electron chi connectivity index (χ3n) is 3.88. The van der Waals surface area contributed by atoms with Crippen molar-refractivity contribution in [2.45, 2.75) is 19.9 Å². The fourth-order valence-electron chi connectivity index (χ4n) is 2.49. The Kier molecular flexibility index (Phi) is 4.74. The highest BCUT2D eigenvalue weighted by atomic mass is 16.5. The first kappa shape index (κ1) is 16.6. The van der Waals surface area contributed by atoms with Crippen LogP contribution in [0.15, 0.2) is 48.8 Å². The summed E-state index contributed by atoms with van der Waals surface area (Å²) >= 11 is 0. The second kappa shape index (κ2) is 7.12. The van der Waals surface area contributed by atoms with Gasteiger partial charge in [0.2, 0.25) is 0 Å². The molecular weight excluding hydrogens is 318 g/mol. The van der Waals surface area contributed by atoms with E-state index in [2.05, 4.69) is 20.6 Å². The van der Waals surface area contributed by atoms with Crippen molar-refractivity contribution in [3.05, 3.63) is 60.0 Å². The largest absolute Gasteiger partial charge is 0.497 e. The van der Waals surface area contributed by atoms with E-state index in [0.717, 1.165) is 17.0 Å². The van der Waals surface area contributed by atoms with E-state index in [4.69, 9.17) is 4.74 Å². The Hall–Kier alpha value is -3.22. The maximum Gasteiger partial charge on any atom is 0.183 e. The summed E-state index contributed by atoms with van der Waals surface area (Å²) in [5.41, 5.74) is 2.13. The van der Waals surface area contributed by atoms with Crippen molar-refractivity contribution in [1.82, 2.24) is 20.0 Å². The summed E-state index contributed by atoms with van der Waals surface area (Å²) in [5, 5.41) is 11.5. The molecule has 3 aromatic rings. The number of anilines is 1. The molecule has 0 saturated heterocycles. The van der Waals surface area contributed by atoms with E-state index < -0.39 is 0 Å². The number of Topliss-reactive ketones (excluding diaryl/α,β-unsaturated/α-hetero) is 1. The highest BCUT2D eigenvalue weighted by Gasteiger charge is 2.20. The minimum atomic E-state index is -0.149. The standard InChI is InChI=1S/C18H19N5O2/c1-12(14-8-10-19-11-9-14)20-18-17(13(2)24)21-22-23(18)15-4-6-16(25-3)7-5-15/h4-12,20H,1-3H3. The van der Waals surface area contributed by atoms with Gasteiger partial charge in [-0.3, -0.25) is 9.78 Å². The molecule has 0 spiro atoms. The number of nitrogens with one attached hydrogen (secondary N) is 1. The van der Waals surface area contributed by atoms with Gasteiger partial charge in [-0.05, 0) is 48.9 Å². The van der Waals surface area contributed by atoms with Crippen LogP contribution in [0.1, 0.15) is 35.9 Å². The predicted octanol–water partition coefficient (Wildman–Crippen LogP) is 3.05. The van der Waals surface area contributed by atoms with Crippen LogP contribution in [0.4, 0.5) is 5.82 Å². The average molecular weight is 337 g/mol. The first-order valence-electron chi connectivity index (χ1n) is 7.87. The molecule has 0 saturated carbocycles. The number of aromatic nitrogens is 4. The number of benzene rings is 1. The Morgan fingerprint density at radius 3 is 2.44 bits per heavy atom. The van der Waals surface area contributed by atoms with Crippen molar-refractivity contribution in [2.24, 2.45) is 0 Å². The molecule has 0 aliphatic rings. The Morgan fingerprint density at radius 1 is 1.16 bits per heavy atom. The lowest BCUT2D eigenvalue weighted by molar-refractivity contribution is 0.101. The number of pyridine rings is 1. The van der Waals surface area contributed by atoms with Crippen LogP contribution in [-0.2, 0) is 0 Å². The first-order chi connectivity index (χ1) is 12.1. The molecule has 0 fully saturated rings. The lowest BCUT2D eigenvalue weighted by atomic mass is 10.1. The fraction of sp³-hybridized carbons (Fsp3) is 0.222. The predicted molar refractivity (Wildman–Crippen MR) is 94.2 cm³/mol. The van der Waals surface area contributed by atoms with Gasteiger partial charge in [-0.1, -0.05) is 5.21 Å². The summed E-state index contributed by atoms with van der Waals surface area (Å²) in [4.78, 5) is 16.0. The molecule has 1 unspecified atom stereocenters. The quantitative estimate of drug-likeness (QED) is 0.696. The monoisotopic (exact) mass is 337 g/mol. The van der Waals surface area contributed by atoms with E-state index in [0.29, 0.717) is 11.5 Å². The smallest absolute Gasteiger partial charge is 0.183 e. The molecule has 0 bridgehead atoms. The van der Waals surface area contributed by atoms with Crippen molar-refractivity contribution in [3.8, 4) is 11.4 Å². The number of hydrogen-bond donors (Lipinski definition) is 1. The van der Waals surface area contributed by atoms with Gasteiger partial charge < -0.3 is 10.1 Å². The van der Waals surface area contributed by atoms with Gasteiger partial charge in [-0.2, -0.15) is 4.68 Å². The summed E-state index contributed by atoms with van der Waals surface area (Å²) in [7, 11) is 1.61. The van der Waals surface area contributed by atoms with Crippen LogP contribution in [0.25, 0.3) is 5.69 Å². The highest BCUT2D eigenvalue weighted by molar-refractivity contribution is 5.97. The van der Waals surface area contributed by atoms with Crippen LogP contribution in [0.3, 0.4) is 0 Å². The number of carbonyl (C=O) groups excluding carboxylic acids is 1. The molecule has 128 valence electrons. The maximum atomic E-state index is 11.9. The maximum absolute atomic E-state index is 11.9. The van der Waals surface area contributed by atoms with Crippen LogP contribution in [0.5, 0.6) is 5.75 Å². The summed E-state index contributed by atoms with van der Waals surface area (Å²) in [5.74, 6) is 1.15. The molecule has 1 atom stereocenters. The second-order valence-corrected chi connectivity index (χ2v) is 5.60. The number of nitrogens with zero attached hydrogens (tertiary/aromatic N) is 4. The van der Waals surface area contributed by atoms with Gasteiger partial charge in [0.15, 0.2) is 17.3 Å². The van der Waals surface area contributed by atoms with Crippen molar-refractivity contribution in [1.29, 1.82) is 0 Å². The summed E-state index contributed by atoms with van der Waals surface area (Å²) in [6.45, 7) is 3.48. The van der Waals surface area contributed by atoms with Crippen LogP contribution < -0.4 is 10.1 Å². The number of rotatable bonds is 6. The SMILES string of the molecule is COc1ccc(-n2nnc(C(C)=O)c2NC(C)c2ccncc2)cc1. The van der Waals surface area contributed by atoms with Crippen LogP contribution in [-0.4, -0.2) is 32.9 Å². The molecule has 7 nitrogen and oxygen atoms in total. The number of methoxy groups -OCH3 is 1. The zero-order valence-electron chi connectivity index (χ0n) is 14.3. The van der Waals surface area contributed by atoms with E-state index in [1.54, 1.807) is 24.2 Å². The minimum Gasteiger partial charge on any atom is -0.497 e. The summed E-state index contributed by atoms with van der Waals surface area (Å²) in [6, 6.07) is 11.2.